The van der Waals surface area contributed by atoms with Crippen LogP contribution in [0.15, 0.2) is 11.6 Å². The van der Waals surface area contributed by atoms with E-state index in [1.165, 1.54) is 0 Å². The van der Waals surface area contributed by atoms with Crippen LogP contribution in [-0.4, -0.2) is 50.5 Å². The van der Waals surface area contributed by atoms with Gasteiger partial charge in [0.1, 0.15) is 11.9 Å². The van der Waals surface area contributed by atoms with Crippen molar-refractivity contribution in [2.75, 3.05) is 6.61 Å². The van der Waals surface area contributed by atoms with Crippen molar-refractivity contribution < 1.29 is 24.9 Å². The fourth-order valence-corrected chi connectivity index (χ4v) is 5.75. The van der Waals surface area contributed by atoms with Gasteiger partial charge in [0.25, 0.3) is 0 Å². The molecule has 0 bridgehead atoms. The van der Waals surface area contributed by atoms with E-state index in [2.05, 4.69) is 22.9 Å². The molecule has 0 aromatic carbocycles. The van der Waals surface area contributed by atoms with E-state index in [4.69, 9.17) is 0 Å². The van der Waals surface area contributed by atoms with Crippen LogP contribution in [0.2, 0.25) is 0 Å². The van der Waals surface area contributed by atoms with Gasteiger partial charge in [0, 0.05) is 34.9 Å². The number of alkyl halides is 1. The molecular weight excluding hydrogens is 400 g/mol. The summed E-state index contributed by atoms with van der Waals surface area (Å²) >= 11 is 3.55. The molecule has 3 aliphatic rings. The second kappa shape index (κ2) is 7.12. The molecule has 0 aromatic heterocycles. The van der Waals surface area contributed by atoms with Crippen molar-refractivity contribution in [3.63, 3.8) is 0 Å². The summed E-state index contributed by atoms with van der Waals surface area (Å²) in [6, 6.07) is 0. The van der Waals surface area contributed by atoms with Crippen LogP contribution in [0, 0.1) is 22.7 Å². The zero-order valence-electron chi connectivity index (χ0n) is 15.4. The lowest BCUT2D eigenvalue weighted by molar-refractivity contribution is -0.148. The van der Waals surface area contributed by atoms with E-state index in [9.17, 15) is 24.9 Å². The molecule has 0 aliphatic heterocycles. The summed E-state index contributed by atoms with van der Waals surface area (Å²) in [6.07, 6.45) is 2.75. The van der Waals surface area contributed by atoms with Crippen LogP contribution in [0.3, 0.4) is 0 Å². The number of hydrogen-bond acceptors (Lipinski definition) is 5. The molecule has 146 valence electrons. The lowest BCUT2D eigenvalue weighted by Gasteiger charge is -2.55. The van der Waals surface area contributed by atoms with Gasteiger partial charge in [0.05, 0.1) is 12.7 Å². The van der Waals surface area contributed by atoms with Crippen LogP contribution < -0.4 is 0 Å². The van der Waals surface area contributed by atoms with Crippen LogP contribution in [-0.2, 0) is 9.59 Å². The number of carbonyl (C=O) groups excluding carboxylic acids is 2. The number of allylic oxidation sites excluding steroid dienone is 1. The smallest absolute Gasteiger partial charge is 0.162 e. The molecule has 0 heterocycles. The quantitative estimate of drug-likeness (QED) is 0.462. The van der Waals surface area contributed by atoms with Gasteiger partial charge < -0.3 is 15.3 Å². The van der Waals surface area contributed by atoms with Gasteiger partial charge in [-0.2, -0.15) is 0 Å². The third-order valence-corrected chi connectivity index (χ3v) is 8.58. The number of rotatable bonds is 2. The van der Waals surface area contributed by atoms with Crippen LogP contribution >= 0.6 is 15.9 Å². The van der Waals surface area contributed by atoms with Gasteiger partial charge in [-0.1, -0.05) is 41.4 Å². The summed E-state index contributed by atoms with van der Waals surface area (Å²) in [5.41, 5.74) is -0.318. The Labute approximate surface area is 163 Å². The number of fused-ring (bicyclic) bond motifs is 3. The van der Waals surface area contributed by atoms with Crippen molar-refractivity contribution in [2.45, 2.75) is 69.4 Å². The van der Waals surface area contributed by atoms with E-state index in [1.54, 1.807) is 0 Å². The Morgan fingerprint density at radius 3 is 2.54 bits per heavy atom. The van der Waals surface area contributed by atoms with Crippen molar-refractivity contribution in [3.05, 3.63) is 11.6 Å². The Morgan fingerprint density at radius 2 is 1.88 bits per heavy atom. The minimum absolute atomic E-state index is 0.00196. The van der Waals surface area contributed by atoms with Crippen LogP contribution in [0.25, 0.3) is 0 Å². The molecular formula is C20H29BrO5. The second-order valence-electron chi connectivity index (χ2n) is 8.81. The lowest BCUT2D eigenvalue weighted by Crippen LogP contribution is -2.57. The maximum atomic E-state index is 12.8. The average Bonchev–Trinajstić information content (AvgIpc) is 2.62. The SMILES string of the molecule is CC1(C(Br)CO)CC=C2C(C1)C(O)CC1C(=O)CCCC(=O)C(O)C21C. The number of Topliss-reactive ketones (excluding diaryl/α,β-unsaturated/α-hetero) is 2. The van der Waals surface area contributed by atoms with E-state index in [0.29, 0.717) is 25.7 Å². The van der Waals surface area contributed by atoms with Crippen LogP contribution in [0.5, 0.6) is 0 Å². The molecule has 7 atom stereocenters. The molecule has 7 unspecified atom stereocenters. The van der Waals surface area contributed by atoms with Crippen LogP contribution in [0.1, 0.15) is 52.4 Å². The van der Waals surface area contributed by atoms with Gasteiger partial charge in [-0.15, -0.1) is 0 Å². The number of carbonyl (C=O) groups is 2. The van der Waals surface area contributed by atoms with Crippen molar-refractivity contribution in [2.24, 2.45) is 22.7 Å². The Morgan fingerprint density at radius 1 is 1.23 bits per heavy atom. The molecule has 0 aromatic rings. The zero-order valence-corrected chi connectivity index (χ0v) is 17.0. The summed E-state index contributed by atoms with van der Waals surface area (Å²) in [5.74, 6) is -0.903. The maximum absolute atomic E-state index is 12.8. The first kappa shape index (κ1) is 20.2. The molecule has 0 saturated heterocycles. The summed E-state index contributed by atoms with van der Waals surface area (Å²) in [7, 11) is 0. The summed E-state index contributed by atoms with van der Waals surface area (Å²) in [6.45, 7) is 3.90. The number of ketones is 2. The highest BCUT2D eigenvalue weighted by Crippen LogP contribution is 2.58. The average molecular weight is 429 g/mol. The number of hydrogen-bond donors (Lipinski definition) is 3. The monoisotopic (exact) mass is 428 g/mol. The second-order valence-corrected chi connectivity index (χ2v) is 9.91. The highest BCUT2D eigenvalue weighted by Gasteiger charge is 2.58. The highest BCUT2D eigenvalue weighted by molar-refractivity contribution is 9.09. The van der Waals surface area contributed by atoms with Gasteiger partial charge in [-0.25, -0.2) is 0 Å². The van der Waals surface area contributed by atoms with Crippen molar-refractivity contribution in [3.8, 4) is 0 Å². The first-order valence-electron chi connectivity index (χ1n) is 9.52. The predicted molar refractivity (Wildman–Crippen MR) is 101 cm³/mol. The summed E-state index contributed by atoms with van der Waals surface area (Å²) in [4.78, 5) is 25.1. The van der Waals surface area contributed by atoms with Gasteiger partial charge in [-0.05, 0) is 31.1 Å². The van der Waals surface area contributed by atoms with E-state index >= 15 is 0 Å². The lowest BCUT2D eigenvalue weighted by atomic mass is 9.50. The number of aliphatic hydroxyl groups excluding tert-OH is 3. The van der Waals surface area contributed by atoms with Crippen molar-refractivity contribution in [1.29, 1.82) is 0 Å². The molecule has 2 fully saturated rings. The molecule has 2 saturated carbocycles. The van der Waals surface area contributed by atoms with Gasteiger partial charge in [-0.3, -0.25) is 9.59 Å². The zero-order chi connectivity index (χ0) is 19.3. The van der Waals surface area contributed by atoms with E-state index in [-0.39, 0.29) is 47.2 Å². The molecule has 0 amide bonds. The topological polar surface area (TPSA) is 94.8 Å². The Balaban J connectivity index is 2.06. The summed E-state index contributed by atoms with van der Waals surface area (Å²) < 4.78 is 0. The fraction of sp³-hybridized carbons (Fsp3) is 0.800. The molecule has 26 heavy (non-hydrogen) atoms. The first-order valence-corrected chi connectivity index (χ1v) is 10.4. The maximum Gasteiger partial charge on any atom is 0.162 e. The molecule has 3 aliphatic carbocycles. The Kier molecular flexibility index (Phi) is 5.52. The van der Waals surface area contributed by atoms with E-state index in [0.717, 1.165) is 5.57 Å². The van der Waals surface area contributed by atoms with Crippen molar-refractivity contribution in [1.82, 2.24) is 0 Å². The third kappa shape index (κ3) is 3.03. The molecule has 0 spiro atoms. The molecule has 6 heteroatoms. The normalized spacial score (nSPS) is 45.1. The largest absolute Gasteiger partial charge is 0.395 e. The predicted octanol–water partition coefficient (Wildman–Crippen LogP) is 2.16. The molecule has 5 nitrogen and oxygen atoms in total. The molecule has 3 N–H and O–H groups in total. The molecule has 3 rings (SSSR count). The summed E-state index contributed by atoms with van der Waals surface area (Å²) in [5, 5.41) is 31.3. The van der Waals surface area contributed by atoms with Gasteiger partial charge in [0.2, 0.25) is 0 Å². The number of aliphatic hydroxyl groups is 3. The minimum Gasteiger partial charge on any atom is -0.395 e. The Bertz CT molecular complexity index is 632. The van der Waals surface area contributed by atoms with Gasteiger partial charge in [0.15, 0.2) is 5.78 Å². The van der Waals surface area contributed by atoms with E-state index in [1.807, 2.05) is 13.0 Å². The Hall–Kier alpha value is -0.560. The minimum atomic E-state index is -1.21. The van der Waals surface area contributed by atoms with Gasteiger partial charge >= 0.3 is 0 Å². The fourth-order valence-electron chi connectivity index (χ4n) is 5.38. The first-order chi connectivity index (χ1) is 12.1. The van der Waals surface area contributed by atoms with Crippen LogP contribution in [0.4, 0.5) is 0 Å². The van der Waals surface area contributed by atoms with Crippen molar-refractivity contribution >= 4 is 27.5 Å². The molecule has 0 radical (unpaired) electrons. The third-order valence-electron chi connectivity index (χ3n) is 7.19. The highest BCUT2D eigenvalue weighted by atomic mass is 79.9. The number of halogens is 1. The standard InChI is InChI=1S/C20H29BrO5/c1-19(17(21)10-22)7-6-12-11(9-19)16(25)8-13-14(23)4-3-5-15(24)18(26)20(12,13)2/h6,11,13,16-18,22,25-26H,3-5,7-10H2,1-2H3. The van der Waals surface area contributed by atoms with E-state index < -0.39 is 23.5 Å².